The Labute approximate surface area is 121 Å². The highest BCUT2D eigenvalue weighted by Crippen LogP contribution is 2.36. The molecule has 0 radical (unpaired) electrons. The third-order valence-corrected chi connectivity index (χ3v) is 4.10. The monoisotopic (exact) mass is 281 g/mol. The van der Waals surface area contributed by atoms with E-state index in [-0.39, 0.29) is 0 Å². The smallest absolute Gasteiger partial charge is 0.134 e. The van der Waals surface area contributed by atoms with Crippen molar-refractivity contribution in [1.29, 1.82) is 0 Å². The summed E-state index contributed by atoms with van der Waals surface area (Å²) in [6.45, 7) is 6.83. The van der Waals surface area contributed by atoms with Gasteiger partial charge in [-0.15, -0.1) is 0 Å². The van der Waals surface area contributed by atoms with E-state index in [4.69, 9.17) is 11.6 Å². The fourth-order valence-corrected chi connectivity index (χ4v) is 2.83. The first kappa shape index (κ1) is 14.6. The maximum Gasteiger partial charge on any atom is 0.134 e. The van der Waals surface area contributed by atoms with Crippen LogP contribution in [0.4, 0.5) is 5.82 Å². The first-order valence-corrected chi connectivity index (χ1v) is 7.66. The second kappa shape index (κ2) is 6.08. The Bertz CT molecular complexity index is 421. The summed E-state index contributed by atoms with van der Waals surface area (Å²) < 4.78 is 0. The zero-order valence-corrected chi connectivity index (χ0v) is 12.9. The molecule has 1 aliphatic carbocycles. The number of hydrogen-bond acceptors (Lipinski definition) is 3. The van der Waals surface area contributed by atoms with Gasteiger partial charge in [-0.1, -0.05) is 32.4 Å². The summed E-state index contributed by atoms with van der Waals surface area (Å²) in [7, 11) is 0. The van der Waals surface area contributed by atoms with E-state index in [1.807, 2.05) is 6.07 Å². The molecule has 106 valence electrons. The highest BCUT2D eigenvalue weighted by Gasteiger charge is 2.26. The predicted molar refractivity (Wildman–Crippen MR) is 80.7 cm³/mol. The molecule has 0 atom stereocenters. The van der Waals surface area contributed by atoms with Crippen LogP contribution in [-0.4, -0.2) is 16.0 Å². The summed E-state index contributed by atoms with van der Waals surface area (Å²) in [5, 5.41) is 4.06. The summed E-state index contributed by atoms with van der Waals surface area (Å²) in [6.07, 6.45) is 6.87. The minimum absolute atomic E-state index is 0.495. The average molecular weight is 282 g/mol. The van der Waals surface area contributed by atoms with Gasteiger partial charge in [0.25, 0.3) is 0 Å². The van der Waals surface area contributed by atoms with Crippen molar-refractivity contribution in [3.05, 3.63) is 17.0 Å². The number of nitrogens with zero attached hydrogens (tertiary/aromatic N) is 2. The molecule has 0 spiro atoms. The van der Waals surface area contributed by atoms with Crippen LogP contribution in [0, 0.1) is 5.41 Å². The van der Waals surface area contributed by atoms with Crippen LogP contribution in [0.15, 0.2) is 6.07 Å². The Balaban J connectivity index is 1.99. The van der Waals surface area contributed by atoms with Gasteiger partial charge in [-0.25, -0.2) is 9.97 Å². The number of rotatable bonds is 4. The second-order valence-corrected chi connectivity index (χ2v) is 6.71. The maximum absolute atomic E-state index is 6.06. The van der Waals surface area contributed by atoms with Gasteiger partial charge in [-0.2, -0.15) is 0 Å². The van der Waals surface area contributed by atoms with E-state index >= 15 is 0 Å². The molecule has 0 saturated heterocycles. The zero-order valence-electron chi connectivity index (χ0n) is 12.2. The molecule has 1 aromatic heterocycles. The maximum atomic E-state index is 6.06. The predicted octanol–water partition coefficient (Wildman–Crippen LogP) is 4.46. The SMILES string of the molecule is CCCc1nc(Cl)cc(NC2CCC(C)(C)CC2)n1. The fraction of sp³-hybridized carbons (Fsp3) is 0.733. The van der Waals surface area contributed by atoms with Gasteiger partial charge >= 0.3 is 0 Å². The van der Waals surface area contributed by atoms with E-state index in [1.54, 1.807) is 0 Å². The second-order valence-electron chi connectivity index (χ2n) is 6.32. The van der Waals surface area contributed by atoms with Gasteiger partial charge in [0.05, 0.1) is 0 Å². The van der Waals surface area contributed by atoms with E-state index in [2.05, 4.69) is 36.1 Å². The Kier molecular flexibility index (Phi) is 4.67. The van der Waals surface area contributed by atoms with Crippen molar-refractivity contribution < 1.29 is 0 Å². The van der Waals surface area contributed by atoms with Gasteiger partial charge < -0.3 is 5.32 Å². The van der Waals surface area contributed by atoms with Gasteiger partial charge in [0, 0.05) is 18.5 Å². The molecule has 19 heavy (non-hydrogen) atoms. The van der Waals surface area contributed by atoms with Gasteiger partial charge in [0.2, 0.25) is 0 Å². The molecule has 1 aromatic rings. The minimum Gasteiger partial charge on any atom is -0.367 e. The largest absolute Gasteiger partial charge is 0.367 e. The standard InChI is InChI=1S/C15H24ClN3/c1-4-5-13-18-12(16)10-14(19-13)17-11-6-8-15(2,3)9-7-11/h10-11H,4-9H2,1-3H3,(H,17,18,19). The number of hydrogen-bond donors (Lipinski definition) is 1. The van der Waals surface area contributed by atoms with Crippen molar-refractivity contribution >= 4 is 17.4 Å². The molecule has 1 heterocycles. The van der Waals surface area contributed by atoms with Crippen molar-refractivity contribution in [3.63, 3.8) is 0 Å². The highest BCUT2D eigenvalue weighted by atomic mass is 35.5. The van der Waals surface area contributed by atoms with E-state index < -0.39 is 0 Å². The molecule has 0 bridgehead atoms. The first-order valence-electron chi connectivity index (χ1n) is 7.28. The topological polar surface area (TPSA) is 37.8 Å². The third-order valence-electron chi connectivity index (χ3n) is 3.91. The van der Waals surface area contributed by atoms with Crippen molar-refractivity contribution in [3.8, 4) is 0 Å². The normalized spacial score (nSPS) is 19.4. The summed E-state index contributed by atoms with van der Waals surface area (Å²) in [4.78, 5) is 8.80. The van der Waals surface area contributed by atoms with Crippen LogP contribution in [0.3, 0.4) is 0 Å². The van der Waals surface area contributed by atoms with Crippen LogP contribution < -0.4 is 5.32 Å². The summed E-state index contributed by atoms with van der Waals surface area (Å²) >= 11 is 6.06. The lowest BCUT2D eigenvalue weighted by Gasteiger charge is -2.34. The van der Waals surface area contributed by atoms with Crippen LogP contribution >= 0.6 is 11.6 Å². The number of nitrogens with one attached hydrogen (secondary N) is 1. The fourth-order valence-electron chi connectivity index (χ4n) is 2.63. The Morgan fingerprint density at radius 2 is 2.00 bits per heavy atom. The van der Waals surface area contributed by atoms with Crippen molar-refractivity contribution in [2.24, 2.45) is 5.41 Å². The lowest BCUT2D eigenvalue weighted by molar-refractivity contribution is 0.232. The number of halogens is 1. The molecule has 1 fully saturated rings. The van der Waals surface area contributed by atoms with E-state index in [1.165, 1.54) is 25.7 Å². The molecule has 0 amide bonds. The van der Waals surface area contributed by atoms with Crippen LogP contribution in [0.1, 0.15) is 58.7 Å². The molecule has 3 nitrogen and oxygen atoms in total. The van der Waals surface area contributed by atoms with Gasteiger partial charge in [-0.3, -0.25) is 0 Å². The molecule has 2 rings (SSSR count). The summed E-state index contributed by atoms with van der Waals surface area (Å²) in [5.74, 6) is 1.72. The minimum atomic E-state index is 0.495. The number of aryl methyl sites for hydroxylation is 1. The molecule has 0 unspecified atom stereocenters. The highest BCUT2D eigenvalue weighted by molar-refractivity contribution is 6.29. The molecular formula is C15H24ClN3. The average Bonchev–Trinajstić information content (AvgIpc) is 2.32. The summed E-state index contributed by atoms with van der Waals surface area (Å²) in [6, 6.07) is 2.36. The van der Waals surface area contributed by atoms with Crippen molar-refractivity contribution in [1.82, 2.24) is 9.97 Å². The Hall–Kier alpha value is -0.830. The van der Waals surface area contributed by atoms with E-state index in [0.717, 1.165) is 24.5 Å². The molecule has 1 aliphatic rings. The number of anilines is 1. The first-order chi connectivity index (χ1) is 8.98. The quantitative estimate of drug-likeness (QED) is 0.828. The van der Waals surface area contributed by atoms with Crippen molar-refractivity contribution in [2.45, 2.75) is 65.3 Å². The molecular weight excluding hydrogens is 258 g/mol. The van der Waals surface area contributed by atoms with Crippen LogP contribution in [0.25, 0.3) is 0 Å². The summed E-state index contributed by atoms with van der Waals surface area (Å²) in [5.41, 5.74) is 0.495. The Morgan fingerprint density at radius 3 is 2.63 bits per heavy atom. The lowest BCUT2D eigenvalue weighted by atomic mass is 9.75. The Morgan fingerprint density at radius 1 is 1.32 bits per heavy atom. The molecule has 0 aromatic carbocycles. The third kappa shape index (κ3) is 4.34. The molecule has 1 saturated carbocycles. The van der Waals surface area contributed by atoms with E-state index in [0.29, 0.717) is 16.6 Å². The molecule has 0 aliphatic heterocycles. The van der Waals surface area contributed by atoms with Gasteiger partial charge in [0.15, 0.2) is 0 Å². The zero-order chi connectivity index (χ0) is 13.9. The van der Waals surface area contributed by atoms with Crippen LogP contribution in [-0.2, 0) is 6.42 Å². The van der Waals surface area contributed by atoms with Crippen LogP contribution in [0.5, 0.6) is 0 Å². The number of aromatic nitrogens is 2. The molecule has 4 heteroatoms. The lowest BCUT2D eigenvalue weighted by Crippen LogP contribution is -2.30. The van der Waals surface area contributed by atoms with Gasteiger partial charge in [0.1, 0.15) is 16.8 Å². The molecule has 1 N–H and O–H groups in total. The van der Waals surface area contributed by atoms with E-state index in [9.17, 15) is 0 Å². The van der Waals surface area contributed by atoms with Gasteiger partial charge in [-0.05, 0) is 37.5 Å². The van der Waals surface area contributed by atoms with Crippen molar-refractivity contribution in [2.75, 3.05) is 5.32 Å². The van der Waals surface area contributed by atoms with Crippen LogP contribution in [0.2, 0.25) is 5.15 Å².